The minimum Gasteiger partial charge on any atom is -0.462 e. The molecule has 1 N–H and O–H groups in total. The van der Waals surface area contributed by atoms with Crippen LogP contribution in [0.2, 0.25) is 0 Å². The van der Waals surface area contributed by atoms with Gasteiger partial charge in [0, 0.05) is 25.2 Å². The first kappa shape index (κ1) is 22.7. The molecule has 1 aromatic heterocycles. The number of nitrogens with one attached hydrogen (secondary N) is 1. The van der Waals surface area contributed by atoms with Gasteiger partial charge in [-0.3, -0.25) is 20.2 Å². The van der Waals surface area contributed by atoms with Crippen molar-refractivity contribution in [1.82, 2.24) is 4.98 Å². The third-order valence-electron chi connectivity index (χ3n) is 5.68. The van der Waals surface area contributed by atoms with Crippen molar-refractivity contribution < 1.29 is 19.2 Å². The predicted octanol–water partition coefficient (Wildman–Crippen LogP) is 4.87. The number of piperidine rings is 1. The van der Waals surface area contributed by atoms with E-state index in [1.807, 2.05) is 0 Å². The van der Waals surface area contributed by atoms with Crippen LogP contribution in [-0.4, -0.2) is 41.5 Å². The van der Waals surface area contributed by atoms with Crippen LogP contribution in [0.15, 0.2) is 36.4 Å². The van der Waals surface area contributed by atoms with Crippen molar-refractivity contribution in [3.05, 3.63) is 57.6 Å². The van der Waals surface area contributed by atoms with Crippen molar-refractivity contribution in [1.29, 1.82) is 0 Å². The number of benzene rings is 2. The molecule has 1 fully saturated rings. The number of anilines is 2. The predicted molar refractivity (Wildman–Crippen MR) is 127 cm³/mol. The highest BCUT2D eigenvalue weighted by Crippen LogP contribution is 2.32. The quantitative estimate of drug-likeness (QED) is 0.312. The molecule has 172 valence electrons. The second kappa shape index (κ2) is 9.53. The molecule has 1 saturated heterocycles. The zero-order chi connectivity index (χ0) is 23.5. The van der Waals surface area contributed by atoms with Gasteiger partial charge in [0.15, 0.2) is 5.13 Å². The van der Waals surface area contributed by atoms with Crippen LogP contribution in [0.4, 0.5) is 16.5 Å². The average Bonchev–Trinajstić information content (AvgIpc) is 3.20. The molecule has 0 saturated carbocycles. The van der Waals surface area contributed by atoms with Gasteiger partial charge in [-0.2, -0.15) is 0 Å². The number of hydrogen-bond acceptors (Lipinski definition) is 8. The molecule has 1 aliphatic heterocycles. The fourth-order valence-electron chi connectivity index (χ4n) is 3.83. The van der Waals surface area contributed by atoms with Crippen molar-refractivity contribution in [2.24, 2.45) is 5.92 Å². The van der Waals surface area contributed by atoms with Crippen LogP contribution >= 0.6 is 11.3 Å². The fraction of sp³-hybridized carbons (Fsp3) is 0.348. The second-order valence-electron chi connectivity index (χ2n) is 8.00. The van der Waals surface area contributed by atoms with E-state index in [1.165, 1.54) is 23.5 Å². The van der Waals surface area contributed by atoms with Gasteiger partial charge in [-0.15, -0.1) is 0 Å². The molecule has 10 heteroatoms. The van der Waals surface area contributed by atoms with Crippen LogP contribution in [0.3, 0.4) is 0 Å². The summed E-state index contributed by atoms with van der Waals surface area (Å²) in [6, 6.07) is 9.39. The van der Waals surface area contributed by atoms with Gasteiger partial charge in [-0.25, -0.2) is 9.78 Å². The first-order chi connectivity index (χ1) is 15.9. The Morgan fingerprint density at radius 1 is 1.24 bits per heavy atom. The zero-order valence-corrected chi connectivity index (χ0v) is 19.2. The fourth-order valence-corrected chi connectivity index (χ4v) is 4.73. The molecule has 1 amide bonds. The van der Waals surface area contributed by atoms with Crippen molar-refractivity contribution in [2.75, 3.05) is 29.9 Å². The summed E-state index contributed by atoms with van der Waals surface area (Å²) in [5.74, 6) is -0.272. The summed E-state index contributed by atoms with van der Waals surface area (Å²) in [6.45, 7) is 5.79. The molecule has 3 aromatic rings. The number of fused-ring (bicyclic) bond motifs is 1. The van der Waals surface area contributed by atoms with Crippen LogP contribution < -0.4 is 10.2 Å². The third kappa shape index (κ3) is 4.95. The van der Waals surface area contributed by atoms with E-state index < -0.39 is 16.8 Å². The van der Waals surface area contributed by atoms with E-state index in [4.69, 9.17) is 4.74 Å². The van der Waals surface area contributed by atoms with Crippen molar-refractivity contribution >= 4 is 49.9 Å². The Balaban J connectivity index is 1.62. The topological polar surface area (TPSA) is 115 Å². The van der Waals surface area contributed by atoms with Gasteiger partial charge in [0.25, 0.3) is 11.6 Å². The molecule has 0 unspecified atom stereocenters. The Kier molecular flexibility index (Phi) is 6.55. The number of nitro benzene ring substituents is 1. The number of nitrogens with zero attached hydrogens (tertiary/aromatic N) is 3. The summed E-state index contributed by atoms with van der Waals surface area (Å²) in [5, 5.41) is 14.5. The number of thiazole rings is 1. The summed E-state index contributed by atoms with van der Waals surface area (Å²) in [6.07, 6.45) is 2.00. The van der Waals surface area contributed by atoms with Crippen LogP contribution in [0, 0.1) is 16.0 Å². The summed E-state index contributed by atoms with van der Waals surface area (Å²) in [5.41, 5.74) is 1.82. The molecule has 0 atom stereocenters. The molecule has 33 heavy (non-hydrogen) atoms. The highest BCUT2D eigenvalue weighted by atomic mass is 32.1. The summed E-state index contributed by atoms with van der Waals surface area (Å²) >= 11 is 1.22. The lowest BCUT2D eigenvalue weighted by atomic mass is 9.98. The molecule has 4 rings (SSSR count). The van der Waals surface area contributed by atoms with Gasteiger partial charge < -0.3 is 9.64 Å². The Bertz CT molecular complexity index is 1220. The van der Waals surface area contributed by atoms with E-state index in [0.29, 0.717) is 27.8 Å². The molecule has 0 bridgehead atoms. The zero-order valence-electron chi connectivity index (χ0n) is 18.4. The second-order valence-corrected chi connectivity index (χ2v) is 9.03. The van der Waals surface area contributed by atoms with E-state index in [0.717, 1.165) is 30.6 Å². The number of amides is 1. The molecule has 0 aliphatic carbocycles. The number of nitro groups is 1. The maximum absolute atomic E-state index is 13.2. The normalized spacial score (nSPS) is 14.3. The minimum absolute atomic E-state index is 0.141. The largest absolute Gasteiger partial charge is 0.462 e. The molecular formula is C23H24N4O5S. The molecule has 0 radical (unpaired) electrons. The molecule has 9 nitrogen and oxygen atoms in total. The Hall–Kier alpha value is -3.53. The monoisotopic (exact) mass is 468 g/mol. The maximum atomic E-state index is 13.2. The van der Waals surface area contributed by atoms with Gasteiger partial charge in [0.05, 0.1) is 38.6 Å². The summed E-state index contributed by atoms with van der Waals surface area (Å²) in [4.78, 5) is 42.5. The molecular weight excluding hydrogens is 444 g/mol. The Labute approximate surface area is 194 Å². The van der Waals surface area contributed by atoms with Crippen molar-refractivity contribution in [3.8, 4) is 0 Å². The molecule has 2 heterocycles. The van der Waals surface area contributed by atoms with E-state index in [2.05, 4.69) is 22.1 Å². The lowest BCUT2D eigenvalue weighted by molar-refractivity contribution is -0.384. The number of esters is 1. The Morgan fingerprint density at radius 2 is 2.00 bits per heavy atom. The van der Waals surface area contributed by atoms with Crippen LogP contribution in [0.25, 0.3) is 10.2 Å². The van der Waals surface area contributed by atoms with Crippen LogP contribution in [-0.2, 0) is 4.74 Å². The van der Waals surface area contributed by atoms with Gasteiger partial charge in [0.1, 0.15) is 0 Å². The number of carbonyl (C=O) groups excluding carboxylic acids is 2. The smallest absolute Gasteiger partial charge is 0.338 e. The van der Waals surface area contributed by atoms with Crippen LogP contribution in [0.5, 0.6) is 0 Å². The van der Waals surface area contributed by atoms with E-state index in [9.17, 15) is 19.7 Å². The van der Waals surface area contributed by atoms with E-state index in [1.54, 1.807) is 31.2 Å². The van der Waals surface area contributed by atoms with Gasteiger partial charge in [-0.05, 0) is 49.9 Å². The number of ether oxygens (including phenoxy) is 1. The van der Waals surface area contributed by atoms with Gasteiger partial charge >= 0.3 is 5.97 Å². The molecule has 2 aromatic carbocycles. The first-order valence-electron chi connectivity index (χ1n) is 10.8. The number of hydrogen-bond donors (Lipinski definition) is 1. The first-order valence-corrected chi connectivity index (χ1v) is 11.6. The van der Waals surface area contributed by atoms with Crippen LogP contribution in [0.1, 0.15) is 47.4 Å². The minimum atomic E-state index is -0.507. The number of aromatic nitrogens is 1. The third-order valence-corrected chi connectivity index (χ3v) is 6.61. The van der Waals surface area contributed by atoms with Gasteiger partial charge in [-0.1, -0.05) is 18.3 Å². The SMILES string of the molecule is CCOC(=O)c1ccc2nc(NC(=O)c3cc([N+](=O)[O-])ccc3N3CCC(C)CC3)sc2c1. The number of carbonyl (C=O) groups is 2. The van der Waals surface area contributed by atoms with E-state index >= 15 is 0 Å². The number of non-ortho nitro benzene ring substituents is 1. The highest BCUT2D eigenvalue weighted by Gasteiger charge is 2.24. The average molecular weight is 469 g/mol. The van der Waals surface area contributed by atoms with E-state index in [-0.39, 0.29) is 17.9 Å². The van der Waals surface area contributed by atoms with Crippen molar-refractivity contribution in [2.45, 2.75) is 26.7 Å². The molecule has 0 spiro atoms. The summed E-state index contributed by atoms with van der Waals surface area (Å²) in [7, 11) is 0. The standard InChI is InChI=1S/C23H24N4O5S/c1-3-32-22(29)15-4-6-18-20(12-15)33-23(24-18)25-21(28)17-13-16(27(30)31)5-7-19(17)26-10-8-14(2)9-11-26/h4-7,12-14H,3,8-11H2,1-2H3,(H,24,25,28). The Morgan fingerprint density at radius 3 is 2.70 bits per heavy atom. The lowest BCUT2D eigenvalue weighted by Crippen LogP contribution is -2.34. The highest BCUT2D eigenvalue weighted by molar-refractivity contribution is 7.22. The lowest BCUT2D eigenvalue weighted by Gasteiger charge is -2.33. The van der Waals surface area contributed by atoms with Crippen molar-refractivity contribution in [3.63, 3.8) is 0 Å². The van der Waals surface area contributed by atoms with Gasteiger partial charge in [0.2, 0.25) is 0 Å². The molecule has 1 aliphatic rings. The number of rotatable bonds is 6. The maximum Gasteiger partial charge on any atom is 0.338 e. The summed E-state index contributed by atoms with van der Waals surface area (Å²) < 4.78 is 5.75.